The fraction of sp³-hybridized carbons (Fsp3) is 0.444. The quantitative estimate of drug-likeness (QED) is 0.473. The van der Waals surface area contributed by atoms with E-state index in [1.54, 1.807) is 0 Å². The average molecular weight is 483 g/mol. The fourth-order valence-corrected chi connectivity index (χ4v) is 4.38. The minimum absolute atomic E-state index is 0.0225. The Morgan fingerprint density at radius 3 is 2.09 bits per heavy atom. The van der Waals surface area contributed by atoms with Crippen molar-refractivity contribution in [2.75, 3.05) is 20.3 Å². The molecular weight excluding hydrogens is 448 g/mol. The molecule has 8 heteroatoms. The molecule has 3 rings (SSSR count). The molecule has 2 unspecified atom stereocenters. The highest BCUT2D eigenvalue weighted by Crippen LogP contribution is 2.44. The van der Waals surface area contributed by atoms with Crippen molar-refractivity contribution in [3.63, 3.8) is 0 Å². The Hall–Kier alpha value is -3.39. The third-order valence-electron chi connectivity index (χ3n) is 6.01. The number of hydrogen-bond donors (Lipinski definition) is 3. The number of methoxy groups -OCH3 is 1. The summed E-state index contributed by atoms with van der Waals surface area (Å²) in [5.74, 6) is -1.52. The normalized spacial score (nSPS) is 14.4. The van der Waals surface area contributed by atoms with Crippen LogP contribution >= 0.6 is 0 Å². The first-order valence-electron chi connectivity index (χ1n) is 11.7. The summed E-state index contributed by atoms with van der Waals surface area (Å²) in [7, 11) is 1.39. The Morgan fingerprint density at radius 1 is 1.00 bits per heavy atom. The van der Waals surface area contributed by atoms with Crippen LogP contribution in [0.1, 0.15) is 50.7 Å². The summed E-state index contributed by atoms with van der Waals surface area (Å²) in [6, 6.07) is 15.3. The van der Waals surface area contributed by atoms with Gasteiger partial charge in [-0.2, -0.15) is 0 Å². The van der Waals surface area contributed by atoms with E-state index >= 15 is 0 Å². The van der Waals surface area contributed by atoms with Gasteiger partial charge in [-0.15, -0.1) is 0 Å². The zero-order chi connectivity index (χ0) is 25.6. The zero-order valence-corrected chi connectivity index (χ0v) is 20.7. The lowest BCUT2D eigenvalue weighted by Gasteiger charge is -2.26. The van der Waals surface area contributed by atoms with Gasteiger partial charge in [0.05, 0.1) is 12.5 Å². The number of carbonyl (C=O) groups is 3. The first-order chi connectivity index (χ1) is 16.6. The summed E-state index contributed by atoms with van der Waals surface area (Å²) in [5, 5.41) is 14.4. The maximum absolute atomic E-state index is 12.9. The number of hydrogen-bond acceptors (Lipinski definition) is 5. The van der Waals surface area contributed by atoms with E-state index in [1.165, 1.54) is 7.11 Å². The average Bonchev–Trinajstić information content (AvgIpc) is 3.12. The number of rotatable bonds is 10. The van der Waals surface area contributed by atoms with Crippen molar-refractivity contribution in [3.8, 4) is 11.1 Å². The van der Waals surface area contributed by atoms with Gasteiger partial charge in [-0.3, -0.25) is 9.59 Å². The van der Waals surface area contributed by atoms with Crippen molar-refractivity contribution >= 4 is 18.0 Å². The largest absolute Gasteiger partial charge is 0.481 e. The second-order valence-electron chi connectivity index (χ2n) is 9.99. The van der Waals surface area contributed by atoms with E-state index in [-0.39, 0.29) is 30.9 Å². The first-order valence-corrected chi connectivity index (χ1v) is 11.7. The molecule has 0 aliphatic heterocycles. The Morgan fingerprint density at radius 2 is 1.57 bits per heavy atom. The number of fused-ring (bicyclic) bond motifs is 3. The van der Waals surface area contributed by atoms with Crippen LogP contribution < -0.4 is 10.6 Å². The Labute approximate surface area is 206 Å². The predicted molar refractivity (Wildman–Crippen MR) is 132 cm³/mol. The number of alkyl carbamates (subject to hydrolysis) is 1. The maximum Gasteiger partial charge on any atom is 0.407 e. The number of benzene rings is 2. The van der Waals surface area contributed by atoms with Gasteiger partial charge in [0.1, 0.15) is 12.6 Å². The SMILES string of the molecule is COC(CNC(=O)C(CC(C)(C)C)NC(=O)OCC1c2ccccc2-c2ccccc21)CC(=O)O. The number of ether oxygens (including phenoxy) is 2. The number of amides is 2. The van der Waals surface area contributed by atoms with Crippen LogP contribution in [-0.2, 0) is 19.1 Å². The van der Waals surface area contributed by atoms with E-state index < -0.39 is 30.1 Å². The van der Waals surface area contributed by atoms with Gasteiger partial charge >= 0.3 is 12.1 Å². The molecule has 2 aromatic rings. The van der Waals surface area contributed by atoms with Crippen molar-refractivity contribution in [1.29, 1.82) is 0 Å². The monoisotopic (exact) mass is 482 g/mol. The lowest BCUT2D eigenvalue weighted by molar-refractivity contribution is -0.140. The molecule has 188 valence electrons. The molecule has 0 saturated carbocycles. The van der Waals surface area contributed by atoms with Gasteiger partial charge in [-0.1, -0.05) is 69.3 Å². The molecule has 0 heterocycles. The molecule has 0 spiro atoms. The Bertz CT molecular complexity index is 1020. The van der Waals surface area contributed by atoms with Gasteiger partial charge in [0.15, 0.2) is 0 Å². The summed E-state index contributed by atoms with van der Waals surface area (Å²) in [6.07, 6.45) is -1.20. The lowest BCUT2D eigenvalue weighted by Crippen LogP contribution is -2.50. The van der Waals surface area contributed by atoms with Gasteiger partial charge < -0.3 is 25.2 Å². The molecule has 2 atom stereocenters. The molecule has 3 N–H and O–H groups in total. The van der Waals surface area contributed by atoms with Crippen LogP contribution in [-0.4, -0.2) is 55.5 Å². The molecule has 2 aromatic carbocycles. The summed E-state index contributed by atoms with van der Waals surface area (Å²) in [4.78, 5) is 36.6. The summed E-state index contributed by atoms with van der Waals surface area (Å²) in [5.41, 5.74) is 4.23. The number of nitrogens with one attached hydrogen (secondary N) is 2. The first kappa shape index (κ1) is 26.2. The molecule has 35 heavy (non-hydrogen) atoms. The van der Waals surface area contributed by atoms with Crippen LogP contribution in [0.15, 0.2) is 48.5 Å². The predicted octanol–water partition coefficient (Wildman–Crippen LogP) is 3.94. The summed E-state index contributed by atoms with van der Waals surface area (Å²) >= 11 is 0. The van der Waals surface area contributed by atoms with Crippen LogP contribution in [0.5, 0.6) is 0 Å². The molecule has 0 saturated heterocycles. The summed E-state index contributed by atoms with van der Waals surface area (Å²) in [6.45, 7) is 6.07. The fourth-order valence-electron chi connectivity index (χ4n) is 4.38. The van der Waals surface area contributed by atoms with Crippen LogP contribution in [0.2, 0.25) is 0 Å². The molecule has 0 bridgehead atoms. The van der Waals surface area contributed by atoms with E-state index in [2.05, 4.69) is 22.8 Å². The van der Waals surface area contributed by atoms with Crippen LogP contribution in [0.25, 0.3) is 11.1 Å². The smallest absolute Gasteiger partial charge is 0.407 e. The molecule has 0 aromatic heterocycles. The lowest BCUT2D eigenvalue weighted by atomic mass is 9.88. The molecule has 1 aliphatic carbocycles. The molecular formula is C27H34N2O6. The topological polar surface area (TPSA) is 114 Å². The van der Waals surface area contributed by atoms with Gasteiger partial charge in [0.2, 0.25) is 5.91 Å². The van der Waals surface area contributed by atoms with Gasteiger partial charge in [0, 0.05) is 19.6 Å². The number of carboxylic acid groups (broad SMARTS) is 1. The van der Waals surface area contributed by atoms with Crippen molar-refractivity contribution < 1.29 is 29.0 Å². The van der Waals surface area contributed by atoms with Crippen molar-refractivity contribution in [3.05, 3.63) is 59.7 Å². The molecule has 0 fully saturated rings. The number of carboxylic acids is 1. The van der Waals surface area contributed by atoms with E-state index in [0.717, 1.165) is 22.3 Å². The Kier molecular flexibility index (Phi) is 8.51. The number of carbonyl (C=O) groups excluding carboxylic acids is 2. The zero-order valence-electron chi connectivity index (χ0n) is 20.7. The molecule has 2 amide bonds. The highest BCUT2D eigenvalue weighted by Gasteiger charge is 2.31. The van der Waals surface area contributed by atoms with Crippen molar-refractivity contribution in [1.82, 2.24) is 10.6 Å². The highest BCUT2D eigenvalue weighted by molar-refractivity contribution is 5.86. The Balaban J connectivity index is 1.64. The minimum Gasteiger partial charge on any atom is -0.481 e. The maximum atomic E-state index is 12.9. The van der Waals surface area contributed by atoms with Crippen molar-refractivity contribution in [2.45, 2.75) is 51.7 Å². The van der Waals surface area contributed by atoms with Crippen LogP contribution in [0.4, 0.5) is 4.79 Å². The molecule has 1 aliphatic rings. The number of aliphatic carboxylic acids is 1. The second kappa shape index (κ2) is 11.4. The van der Waals surface area contributed by atoms with Gasteiger partial charge in [0.25, 0.3) is 0 Å². The third kappa shape index (κ3) is 7.05. The molecule has 8 nitrogen and oxygen atoms in total. The van der Waals surface area contributed by atoms with E-state index in [9.17, 15) is 14.4 Å². The van der Waals surface area contributed by atoms with Gasteiger partial charge in [-0.05, 0) is 34.1 Å². The van der Waals surface area contributed by atoms with Gasteiger partial charge in [-0.25, -0.2) is 4.79 Å². The van der Waals surface area contributed by atoms with E-state index in [0.29, 0.717) is 6.42 Å². The van der Waals surface area contributed by atoms with E-state index in [4.69, 9.17) is 14.6 Å². The summed E-state index contributed by atoms with van der Waals surface area (Å²) < 4.78 is 10.7. The molecule has 0 radical (unpaired) electrons. The van der Waals surface area contributed by atoms with Crippen LogP contribution in [0, 0.1) is 5.41 Å². The minimum atomic E-state index is -1.02. The highest BCUT2D eigenvalue weighted by atomic mass is 16.5. The third-order valence-corrected chi connectivity index (χ3v) is 6.01. The standard InChI is InChI=1S/C27H34N2O6/c1-27(2,3)14-23(25(32)28-15-17(34-4)13-24(30)31)29-26(33)35-16-22-20-11-7-5-9-18(20)19-10-6-8-12-21(19)22/h5-12,17,22-23H,13-16H2,1-4H3,(H,28,32)(H,29,33)(H,30,31). The second-order valence-corrected chi connectivity index (χ2v) is 9.99. The van der Waals surface area contributed by atoms with Crippen molar-refractivity contribution in [2.24, 2.45) is 5.41 Å². The van der Waals surface area contributed by atoms with Crippen LogP contribution in [0.3, 0.4) is 0 Å². The van der Waals surface area contributed by atoms with E-state index in [1.807, 2.05) is 57.2 Å².